The summed E-state index contributed by atoms with van der Waals surface area (Å²) in [6.45, 7) is 1.83. The number of hydrogen-bond acceptors (Lipinski definition) is 4. The molecule has 0 aliphatic rings. The fraction of sp³-hybridized carbons (Fsp3) is 0.100. The summed E-state index contributed by atoms with van der Waals surface area (Å²) >= 11 is 5.83. The van der Waals surface area contributed by atoms with Crippen LogP contribution in [0.4, 0.5) is 11.6 Å². The van der Waals surface area contributed by atoms with E-state index in [0.29, 0.717) is 22.5 Å². The summed E-state index contributed by atoms with van der Waals surface area (Å²) in [6.07, 6.45) is 3.33. The molecule has 0 radical (unpaired) electrons. The highest BCUT2D eigenvalue weighted by atomic mass is 35.5. The van der Waals surface area contributed by atoms with E-state index in [1.54, 1.807) is 30.6 Å². The first-order chi connectivity index (χ1) is 7.24. The zero-order valence-electron chi connectivity index (χ0n) is 8.11. The lowest BCUT2D eigenvalue weighted by Crippen LogP contribution is -1.97. The number of hydrogen-bond donors (Lipinski definition) is 1. The molecule has 2 aromatic heterocycles. The van der Waals surface area contributed by atoms with Gasteiger partial charge in [-0.3, -0.25) is 0 Å². The maximum Gasteiger partial charge on any atom is 0.135 e. The summed E-state index contributed by atoms with van der Waals surface area (Å²) in [5.41, 5.74) is 0. The molecule has 0 atom stereocenters. The van der Waals surface area contributed by atoms with Gasteiger partial charge in [-0.15, -0.1) is 0 Å². The molecular weight excluding hydrogens is 212 g/mol. The van der Waals surface area contributed by atoms with Crippen molar-refractivity contribution in [2.45, 2.75) is 6.92 Å². The Morgan fingerprint density at radius 3 is 2.67 bits per heavy atom. The monoisotopic (exact) mass is 220 g/mol. The van der Waals surface area contributed by atoms with E-state index in [1.165, 1.54) is 0 Å². The van der Waals surface area contributed by atoms with Gasteiger partial charge in [-0.05, 0) is 25.1 Å². The van der Waals surface area contributed by atoms with Crippen LogP contribution in [0.1, 0.15) is 5.82 Å². The van der Waals surface area contributed by atoms with Crippen molar-refractivity contribution in [3.05, 3.63) is 41.4 Å². The van der Waals surface area contributed by atoms with Gasteiger partial charge in [0.2, 0.25) is 0 Å². The van der Waals surface area contributed by atoms with E-state index in [1.807, 2.05) is 6.92 Å². The van der Waals surface area contributed by atoms with E-state index in [4.69, 9.17) is 11.6 Å². The molecule has 5 heteroatoms. The Balaban J connectivity index is 2.22. The highest BCUT2D eigenvalue weighted by Gasteiger charge is 1.98. The third-order valence-corrected chi connectivity index (χ3v) is 1.99. The predicted molar refractivity (Wildman–Crippen MR) is 59.3 cm³/mol. The quantitative estimate of drug-likeness (QED) is 0.845. The second-order valence-electron chi connectivity index (χ2n) is 2.97. The van der Waals surface area contributed by atoms with Crippen LogP contribution < -0.4 is 5.32 Å². The molecule has 0 aliphatic heterocycles. The van der Waals surface area contributed by atoms with Crippen LogP contribution in [0.3, 0.4) is 0 Å². The zero-order chi connectivity index (χ0) is 10.7. The Kier molecular flexibility index (Phi) is 2.78. The van der Waals surface area contributed by atoms with Gasteiger partial charge in [0.25, 0.3) is 0 Å². The maximum absolute atomic E-state index is 5.83. The van der Waals surface area contributed by atoms with Crippen LogP contribution >= 0.6 is 11.6 Å². The maximum atomic E-state index is 5.83. The van der Waals surface area contributed by atoms with Gasteiger partial charge in [0.1, 0.15) is 17.5 Å². The molecule has 0 aliphatic carbocycles. The fourth-order valence-corrected chi connectivity index (χ4v) is 1.29. The second kappa shape index (κ2) is 4.23. The minimum Gasteiger partial charge on any atom is -0.325 e. The number of halogens is 1. The fourth-order valence-electron chi connectivity index (χ4n) is 1.13. The van der Waals surface area contributed by atoms with E-state index in [2.05, 4.69) is 20.3 Å². The van der Waals surface area contributed by atoms with Crippen molar-refractivity contribution in [3.8, 4) is 0 Å². The summed E-state index contributed by atoms with van der Waals surface area (Å²) in [5.74, 6) is 2.08. The number of rotatable bonds is 2. The SMILES string of the molecule is Cc1nccc(Nc2cc(Cl)ccn2)n1. The van der Waals surface area contributed by atoms with Crippen molar-refractivity contribution in [3.63, 3.8) is 0 Å². The topological polar surface area (TPSA) is 50.7 Å². The molecule has 2 rings (SSSR count). The Labute approximate surface area is 92.4 Å². The van der Waals surface area contributed by atoms with Gasteiger partial charge in [-0.1, -0.05) is 11.6 Å². The van der Waals surface area contributed by atoms with Crippen LogP contribution in [0.2, 0.25) is 5.02 Å². The molecule has 15 heavy (non-hydrogen) atoms. The van der Waals surface area contributed by atoms with Crippen molar-refractivity contribution in [1.29, 1.82) is 0 Å². The molecule has 1 N–H and O–H groups in total. The van der Waals surface area contributed by atoms with Crippen molar-refractivity contribution in [2.75, 3.05) is 5.32 Å². The third kappa shape index (κ3) is 2.63. The molecule has 0 aromatic carbocycles. The van der Waals surface area contributed by atoms with Crippen LogP contribution in [0.5, 0.6) is 0 Å². The summed E-state index contributed by atoms with van der Waals surface area (Å²) in [5, 5.41) is 3.68. The third-order valence-electron chi connectivity index (χ3n) is 1.75. The number of nitrogens with one attached hydrogen (secondary N) is 1. The van der Waals surface area contributed by atoms with E-state index >= 15 is 0 Å². The summed E-state index contributed by atoms with van der Waals surface area (Å²) in [4.78, 5) is 12.3. The van der Waals surface area contributed by atoms with Crippen molar-refractivity contribution in [1.82, 2.24) is 15.0 Å². The number of anilines is 2. The summed E-state index contributed by atoms with van der Waals surface area (Å²) in [6, 6.07) is 5.23. The van der Waals surface area contributed by atoms with Crippen molar-refractivity contribution < 1.29 is 0 Å². The Morgan fingerprint density at radius 1 is 1.13 bits per heavy atom. The molecule has 2 heterocycles. The highest BCUT2D eigenvalue weighted by molar-refractivity contribution is 6.30. The van der Waals surface area contributed by atoms with Crippen LogP contribution in [0, 0.1) is 6.92 Å². The van der Waals surface area contributed by atoms with Gasteiger partial charge >= 0.3 is 0 Å². The highest BCUT2D eigenvalue weighted by Crippen LogP contribution is 2.15. The van der Waals surface area contributed by atoms with E-state index in [9.17, 15) is 0 Å². The first-order valence-electron chi connectivity index (χ1n) is 4.42. The molecule has 0 spiro atoms. The van der Waals surface area contributed by atoms with E-state index in [-0.39, 0.29) is 0 Å². The van der Waals surface area contributed by atoms with Gasteiger partial charge in [0.05, 0.1) is 0 Å². The molecule has 76 valence electrons. The number of nitrogens with zero attached hydrogens (tertiary/aromatic N) is 3. The molecule has 2 aromatic rings. The van der Waals surface area contributed by atoms with E-state index < -0.39 is 0 Å². The van der Waals surface area contributed by atoms with Crippen molar-refractivity contribution >= 4 is 23.2 Å². The number of aromatic nitrogens is 3. The number of pyridine rings is 1. The van der Waals surface area contributed by atoms with E-state index in [0.717, 1.165) is 0 Å². The molecule has 0 fully saturated rings. The average molecular weight is 221 g/mol. The minimum absolute atomic E-state index is 0.637. The van der Waals surface area contributed by atoms with Crippen LogP contribution in [0.25, 0.3) is 0 Å². The Bertz CT molecular complexity index is 429. The second-order valence-corrected chi connectivity index (χ2v) is 3.41. The largest absolute Gasteiger partial charge is 0.325 e. The number of aryl methyl sites for hydroxylation is 1. The van der Waals surface area contributed by atoms with Crippen LogP contribution in [-0.4, -0.2) is 15.0 Å². The van der Waals surface area contributed by atoms with Gasteiger partial charge in [-0.2, -0.15) is 0 Å². The molecule has 0 saturated heterocycles. The lowest BCUT2D eigenvalue weighted by molar-refractivity contribution is 1.05. The minimum atomic E-state index is 0.637. The molecule has 0 saturated carbocycles. The first-order valence-corrected chi connectivity index (χ1v) is 4.80. The molecule has 4 nitrogen and oxygen atoms in total. The van der Waals surface area contributed by atoms with Crippen LogP contribution in [-0.2, 0) is 0 Å². The summed E-state index contributed by atoms with van der Waals surface area (Å²) < 4.78 is 0. The lowest BCUT2D eigenvalue weighted by atomic mass is 10.4. The van der Waals surface area contributed by atoms with Crippen molar-refractivity contribution in [2.24, 2.45) is 0 Å². The molecule has 0 amide bonds. The molecule has 0 bridgehead atoms. The van der Waals surface area contributed by atoms with Gasteiger partial charge < -0.3 is 5.32 Å². The smallest absolute Gasteiger partial charge is 0.135 e. The first kappa shape index (κ1) is 9.86. The Morgan fingerprint density at radius 2 is 1.93 bits per heavy atom. The van der Waals surface area contributed by atoms with Gasteiger partial charge in [-0.25, -0.2) is 15.0 Å². The average Bonchev–Trinajstić information content (AvgIpc) is 2.17. The summed E-state index contributed by atoms with van der Waals surface area (Å²) in [7, 11) is 0. The normalized spacial score (nSPS) is 10.0. The zero-order valence-corrected chi connectivity index (χ0v) is 8.86. The predicted octanol–water partition coefficient (Wildman–Crippen LogP) is 2.58. The molecular formula is C10H9ClN4. The van der Waals surface area contributed by atoms with Gasteiger partial charge in [0, 0.05) is 17.4 Å². The van der Waals surface area contributed by atoms with Crippen LogP contribution in [0.15, 0.2) is 30.6 Å². The lowest BCUT2D eigenvalue weighted by Gasteiger charge is -2.04. The standard InChI is InChI=1S/C10H9ClN4/c1-7-12-5-3-9(14-7)15-10-6-8(11)2-4-13-10/h2-6H,1H3,(H,12,13,14,15). The molecule has 0 unspecified atom stereocenters. The Hall–Kier alpha value is -1.68. The van der Waals surface area contributed by atoms with Gasteiger partial charge in [0.15, 0.2) is 0 Å².